The number of nitriles is 1. The molecule has 2 aromatic rings. The molecule has 0 fully saturated rings. The summed E-state index contributed by atoms with van der Waals surface area (Å²) in [5.74, 6) is 0. The highest BCUT2D eigenvalue weighted by molar-refractivity contribution is 7.05. The summed E-state index contributed by atoms with van der Waals surface area (Å²) in [6, 6.07) is 11.9. The Hall–Kier alpha value is -1.77. The van der Waals surface area contributed by atoms with E-state index in [2.05, 4.69) is 21.0 Å². The number of aryl methyl sites for hydroxylation is 1. The summed E-state index contributed by atoms with van der Waals surface area (Å²) < 4.78 is 3.85. The van der Waals surface area contributed by atoms with Gasteiger partial charge in [-0.15, -0.1) is 5.10 Å². The van der Waals surface area contributed by atoms with Gasteiger partial charge in [0, 0.05) is 6.54 Å². The molecule has 0 amide bonds. The smallest absolute Gasteiger partial charge is 0.134 e. The lowest BCUT2D eigenvalue weighted by atomic mass is 10.2. The molecule has 17 heavy (non-hydrogen) atoms. The Kier molecular flexibility index (Phi) is 3.81. The molecule has 0 radical (unpaired) electrons. The number of rotatable bonds is 4. The van der Waals surface area contributed by atoms with E-state index >= 15 is 0 Å². The fraction of sp³-hybridized carbons (Fsp3) is 0.250. The normalized spacial score (nSPS) is 12.0. The van der Waals surface area contributed by atoms with Gasteiger partial charge in [0.15, 0.2) is 0 Å². The van der Waals surface area contributed by atoms with Gasteiger partial charge in [0.1, 0.15) is 6.04 Å². The van der Waals surface area contributed by atoms with Gasteiger partial charge in [-0.1, -0.05) is 34.8 Å². The molecule has 86 valence electrons. The molecule has 1 aromatic heterocycles. The lowest BCUT2D eigenvalue weighted by Crippen LogP contribution is -2.19. The molecule has 0 bridgehead atoms. The van der Waals surface area contributed by atoms with Gasteiger partial charge in [-0.05, 0) is 24.0 Å². The average molecular weight is 244 g/mol. The highest BCUT2D eigenvalue weighted by Crippen LogP contribution is 2.19. The molecule has 1 N–H and O–H groups in total. The summed E-state index contributed by atoms with van der Waals surface area (Å²) in [6.07, 6.45) is 0. The van der Waals surface area contributed by atoms with Crippen molar-refractivity contribution in [3.05, 3.63) is 46.5 Å². The number of hydrogen-bond donors (Lipinski definition) is 1. The molecular formula is C12H12N4S. The quantitative estimate of drug-likeness (QED) is 0.895. The van der Waals surface area contributed by atoms with Crippen LogP contribution in [0.3, 0.4) is 0 Å². The zero-order chi connectivity index (χ0) is 12.1. The van der Waals surface area contributed by atoms with Crippen molar-refractivity contribution in [2.75, 3.05) is 0 Å². The Morgan fingerprint density at radius 1 is 1.41 bits per heavy atom. The van der Waals surface area contributed by atoms with Crippen molar-refractivity contribution in [2.24, 2.45) is 0 Å². The van der Waals surface area contributed by atoms with Gasteiger partial charge in [-0.25, -0.2) is 0 Å². The molecule has 0 saturated heterocycles. The van der Waals surface area contributed by atoms with Gasteiger partial charge in [-0.3, -0.25) is 5.32 Å². The highest BCUT2D eigenvalue weighted by Gasteiger charge is 2.15. The summed E-state index contributed by atoms with van der Waals surface area (Å²) >= 11 is 1.27. The highest BCUT2D eigenvalue weighted by atomic mass is 32.1. The maximum Gasteiger partial charge on any atom is 0.134 e. The molecule has 0 spiro atoms. The number of nitrogens with zero attached hydrogens (tertiary/aromatic N) is 3. The zero-order valence-electron chi connectivity index (χ0n) is 9.42. The van der Waals surface area contributed by atoms with E-state index in [9.17, 15) is 0 Å². The molecule has 1 unspecified atom stereocenters. The SMILES string of the molecule is Cc1nnsc1C(C#N)NCc1ccccc1. The zero-order valence-corrected chi connectivity index (χ0v) is 10.2. The monoisotopic (exact) mass is 244 g/mol. The first-order valence-electron chi connectivity index (χ1n) is 5.27. The molecular weight excluding hydrogens is 232 g/mol. The molecule has 5 heteroatoms. The van der Waals surface area contributed by atoms with Crippen LogP contribution in [0.15, 0.2) is 30.3 Å². The third-order valence-electron chi connectivity index (χ3n) is 2.43. The summed E-state index contributed by atoms with van der Waals surface area (Å²) in [4.78, 5) is 0.892. The summed E-state index contributed by atoms with van der Waals surface area (Å²) in [5, 5.41) is 16.3. The lowest BCUT2D eigenvalue weighted by Gasteiger charge is -2.09. The second-order valence-corrected chi connectivity index (χ2v) is 4.44. The van der Waals surface area contributed by atoms with Crippen LogP contribution in [-0.4, -0.2) is 9.59 Å². The molecule has 1 atom stereocenters. The van der Waals surface area contributed by atoms with Crippen molar-refractivity contribution >= 4 is 11.5 Å². The van der Waals surface area contributed by atoms with Crippen LogP contribution in [0.2, 0.25) is 0 Å². The Morgan fingerprint density at radius 2 is 2.18 bits per heavy atom. The molecule has 0 aliphatic rings. The van der Waals surface area contributed by atoms with Crippen molar-refractivity contribution in [1.82, 2.24) is 14.9 Å². The molecule has 4 nitrogen and oxygen atoms in total. The van der Waals surface area contributed by atoms with Crippen LogP contribution in [0.25, 0.3) is 0 Å². The maximum atomic E-state index is 9.14. The predicted octanol–water partition coefficient (Wildman–Crippen LogP) is 2.20. The van der Waals surface area contributed by atoms with Gasteiger partial charge < -0.3 is 0 Å². The van der Waals surface area contributed by atoms with Gasteiger partial charge in [0.25, 0.3) is 0 Å². The summed E-state index contributed by atoms with van der Waals surface area (Å²) in [6.45, 7) is 2.53. The van der Waals surface area contributed by atoms with Crippen LogP contribution < -0.4 is 5.32 Å². The minimum atomic E-state index is -0.338. The Bertz CT molecular complexity index is 515. The molecule has 2 rings (SSSR count). The third kappa shape index (κ3) is 2.87. The van der Waals surface area contributed by atoms with Crippen molar-refractivity contribution in [3.8, 4) is 6.07 Å². The van der Waals surface area contributed by atoms with Crippen LogP contribution in [0.1, 0.15) is 22.2 Å². The van der Waals surface area contributed by atoms with Crippen molar-refractivity contribution in [3.63, 3.8) is 0 Å². The van der Waals surface area contributed by atoms with Gasteiger partial charge in [0.05, 0.1) is 16.6 Å². The number of nitrogens with one attached hydrogen (secondary N) is 1. The van der Waals surface area contributed by atoms with Crippen LogP contribution >= 0.6 is 11.5 Å². The lowest BCUT2D eigenvalue weighted by molar-refractivity contribution is 0.634. The number of benzene rings is 1. The third-order valence-corrected chi connectivity index (χ3v) is 3.32. The van der Waals surface area contributed by atoms with E-state index in [1.165, 1.54) is 11.5 Å². The number of hydrogen-bond acceptors (Lipinski definition) is 5. The first-order chi connectivity index (χ1) is 8.31. The molecule has 0 saturated carbocycles. The van der Waals surface area contributed by atoms with E-state index in [1.54, 1.807) is 0 Å². The topological polar surface area (TPSA) is 61.6 Å². The van der Waals surface area contributed by atoms with E-state index in [0.29, 0.717) is 6.54 Å². The van der Waals surface area contributed by atoms with E-state index < -0.39 is 0 Å². The Balaban J connectivity index is 2.03. The molecule has 1 aromatic carbocycles. The van der Waals surface area contributed by atoms with Gasteiger partial charge in [0.2, 0.25) is 0 Å². The average Bonchev–Trinajstić information content (AvgIpc) is 2.78. The van der Waals surface area contributed by atoms with Gasteiger partial charge in [-0.2, -0.15) is 5.26 Å². The van der Waals surface area contributed by atoms with E-state index in [4.69, 9.17) is 5.26 Å². The fourth-order valence-electron chi connectivity index (χ4n) is 1.52. The van der Waals surface area contributed by atoms with Crippen LogP contribution in [0, 0.1) is 18.3 Å². The maximum absolute atomic E-state index is 9.14. The Labute approximate surface area is 104 Å². The standard InChI is InChI=1S/C12H12N4S/c1-9-12(17-16-15-9)11(7-13)14-8-10-5-3-2-4-6-10/h2-6,11,14H,8H2,1H3. The summed E-state index contributed by atoms with van der Waals surface area (Å²) in [5.41, 5.74) is 1.98. The summed E-state index contributed by atoms with van der Waals surface area (Å²) in [7, 11) is 0. The van der Waals surface area contributed by atoms with Crippen molar-refractivity contribution < 1.29 is 0 Å². The minimum absolute atomic E-state index is 0.338. The van der Waals surface area contributed by atoms with E-state index in [0.717, 1.165) is 16.1 Å². The van der Waals surface area contributed by atoms with Crippen molar-refractivity contribution in [1.29, 1.82) is 5.26 Å². The van der Waals surface area contributed by atoms with Crippen molar-refractivity contribution in [2.45, 2.75) is 19.5 Å². The van der Waals surface area contributed by atoms with Crippen LogP contribution in [0.5, 0.6) is 0 Å². The van der Waals surface area contributed by atoms with Crippen LogP contribution in [-0.2, 0) is 6.54 Å². The second-order valence-electron chi connectivity index (χ2n) is 3.65. The Morgan fingerprint density at radius 3 is 2.76 bits per heavy atom. The molecule has 1 heterocycles. The first kappa shape index (κ1) is 11.7. The van der Waals surface area contributed by atoms with E-state index in [-0.39, 0.29) is 6.04 Å². The molecule has 0 aliphatic heterocycles. The largest absolute Gasteiger partial charge is 0.293 e. The van der Waals surface area contributed by atoms with E-state index in [1.807, 2.05) is 37.3 Å². The fourth-order valence-corrected chi connectivity index (χ4v) is 2.18. The predicted molar refractivity (Wildman–Crippen MR) is 66.3 cm³/mol. The first-order valence-corrected chi connectivity index (χ1v) is 6.04. The minimum Gasteiger partial charge on any atom is -0.293 e. The van der Waals surface area contributed by atoms with Crippen LogP contribution in [0.4, 0.5) is 0 Å². The second kappa shape index (κ2) is 5.53. The number of aromatic nitrogens is 2. The van der Waals surface area contributed by atoms with Gasteiger partial charge >= 0.3 is 0 Å². The molecule has 0 aliphatic carbocycles.